The summed E-state index contributed by atoms with van der Waals surface area (Å²) in [5, 5.41) is 5.03. The highest BCUT2D eigenvalue weighted by Crippen LogP contribution is 2.27. The molecule has 0 spiro atoms. The van der Waals surface area contributed by atoms with E-state index in [4.69, 9.17) is 14.2 Å². The van der Waals surface area contributed by atoms with Crippen LogP contribution in [0.2, 0.25) is 0 Å². The number of carbonyl (C=O) groups excluding carboxylic acids is 2. The van der Waals surface area contributed by atoms with Crippen molar-refractivity contribution in [3.8, 4) is 11.5 Å². The summed E-state index contributed by atoms with van der Waals surface area (Å²) in [4.78, 5) is 24.6. The van der Waals surface area contributed by atoms with Gasteiger partial charge < -0.3 is 24.8 Å². The molecule has 2 aromatic rings. The van der Waals surface area contributed by atoms with Gasteiger partial charge >= 0.3 is 11.8 Å². The van der Waals surface area contributed by atoms with Crippen LogP contribution in [0.4, 0.5) is 0 Å². The number of hydrogen-bond donors (Lipinski definition) is 2. The van der Waals surface area contributed by atoms with Gasteiger partial charge in [0, 0.05) is 13.1 Å². The molecule has 10 nitrogen and oxygen atoms in total. The lowest BCUT2D eigenvalue weighted by atomic mass is 10.1. The second-order valence-electron chi connectivity index (χ2n) is 7.51. The topological polar surface area (TPSA) is 123 Å². The lowest BCUT2D eigenvalue weighted by molar-refractivity contribution is -0.140. The number of benzene rings is 2. The molecule has 2 N–H and O–H groups in total. The molecule has 0 aliphatic carbocycles. The average Bonchev–Trinajstić information content (AvgIpc) is 2.87. The van der Waals surface area contributed by atoms with E-state index >= 15 is 0 Å². The van der Waals surface area contributed by atoms with E-state index in [-0.39, 0.29) is 24.5 Å². The Kier molecular flexibility index (Phi) is 8.85. The Morgan fingerprint density at radius 1 is 1.03 bits per heavy atom. The molecule has 1 unspecified atom stereocenters. The number of rotatable bonds is 9. The van der Waals surface area contributed by atoms with Crippen LogP contribution in [0.3, 0.4) is 0 Å². The maximum Gasteiger partial charge on any atom is 0.309 e. The number of sulfonamides is 1. The molecule has 0 saturated carbocycles. The van der Waals surface area contributed by atoms with Crippen molar-refractivity contribution < 1.29 is 32.2 Å². The summed E-state index contributed by atoms with van der Waals surface area (Å²) in [7, 11) is -0.713. The van der Waals surface area contributed by atoms with E-state index in [1.54, 1.807) is 37.4 Å². The number of ether oxygens (including phenoxy) is 3. The quantitative estimate of drug-likeness (QED) is 0.500. The van der Waals surface area contributed by atoms with Crippen LogP contribution in [0.1, 0.15) is 12.0 Å². The van der Waals surface area contributed by atoms with Crippen molar-refractivity contribution in [1.82, 2.24) is 14.9 Å². The summed E-state index contributed by atoms with van der Waals surface area (Å²) < 4.78 is 43.2. The number of hydrogen-bond acceptors (Lipinski definition) is 7. The van der Waals surface area contributed by atoms with Gasteiger partial charge in [-0.15, -0.1) is 0 Å². The monoisotopic (exact) mass is 491 g/mol. The van der Waals surface area contributed by atoms with Gasteiger partial charge in [-0.05, 0) is 42.7 Å². The maximum atomic E-state index is 13.0. The smallest absolute Gasteiger partial charge is 0.309 e. The van der Waals surface area contributed by atoms with E-state index in [1.807, 2.05) is 6.07 Å². The highest BCUT2D eigenvalue weighted by atomic mass is 32.2. The molecule has 1 aliphatic rings. The van der Waals surface area contributed by atoms with Crippen molar-refractivity contribution in [2.75, 3.05) is 40.5 Å². The molecule has 0 aromatic heterocycles. The van der Waals surface area contributed by atoms with Crippen molar-refractivity contribution >= 4 is 21.8 Å². The third-order valence-corrected chi connectivity index (χ3v) is 7.20. The predicted octanol–water partition coefficient (Wildman–Crippen LogP) is 0.916. The highest BCUT2D eigenvalue weighted by Gasteiger charge is 2.34. The predicted molar refractivity (Wildman–Crippen MR) is 124 cm³/mol. The Hall–Kier alpha value is -3.15. The Morgan fingerprint density at radius 2 is 1.74 bits per heavy atom. The van der Waals surface area contributed by atoms with Gasteiger partial charge in [-0.2, -0.15) is 4.31 Å². The van der Waals surface area contributed by atoms with E-state index in [2.05, 4.69) is 10.6 Å². The fourth-order valence-electron chi connectivity index (χ4n) is 3.53. The van der Waals surface area contributed by atoms with Crippen molar-refractivity contribution in [2.45, 2.75) is 24.0 Å². The Morgan fingerprint density at radius 3 is 2.44 bits per heavy atom. The van der Waals surface area contributed by atoms with E-state index in [9.17, 15) is 18.0 Å². The van der Waals surface area contributed by atoms with Crippen LogP contribution >= 0.6 is 0 Å². The molecule has 1 saturated heterocycles. The zero-order valence-electron chi connectivity index (χ0n) is 19.2. The summed E-state index contributed by atoms with van der Waals surface area (Å²) >= 11 is 0. The molecule has 1 fully saturated rings. The molecular weight excluding hydrogens is 462 g/mol. The maximum absolute atomic E-state index is 13.0. The van der Waals surface area contributed by atoms with Crippen LogP contribution in [0.15, 0.2) is 53.4 Å². The summed E-state index contributed by atoms with van der Waals surface area (Å²) in [6, 6.07) is 13.4. The first-order valence-electron chi connectivity index (χ1n) is 10.8. The van der Waals surface area contributed by atoms with Gasteiger partial charge in [0.15, 0.2) is 11.5 Å². The van der Waals surface area contributed by atoms with E-state index in [0.717, 1.165) is 5.56 Å². The molecule has 1 aliphatic heterocycles. The molecule has 1 atom stereocenters. The lowest BCUT2D eigenvalue weighted by Crippen LogP contribution is -2.53. The summed E-state index contributed by atoms with van der Waals surface area (Å²) in [5.41, 5.74) is 0.899. The molecule has 2 aromatic carbocycles. The van der Waals surface area contributed by atoms with Gasteiger partial charge in [-0.25, -0.2) is 8.42 Å². The highest BCUT2D eigenvalue weighted by molar-refractivity contribution is 7.89. The van der Waals surface area contributed by atoms with Gasteiger partial charge in [0.1, 0.15) is 6.23 Å². The lowest BCUT2D eigenvalue weighted by Gasteiger charge is -2.34. The van der Waals surface area contributed by atoms with Crippen LogP contribution in [0.5, 0.6) is 11.5 Å². The number of amides is 2. The van der Waals surface area contributed by atoms with Crippen molar-refractivity contribution in [3.63, 3.8) is 0 Å². The zero-order valence-corrected chi connectivity index (χ0v) is 20.0. The molecule has 11 heteroatoms. The third kappa shape index (κ3) is 6.25. The summed E-state index contributed by atoms with van der Waals surface area (Å²) in [5.74, 6) is -0.498. The van der Waals surface area contributed by atoms with Crippen molar-refractivity contribution in [3.05, 3.63) is 54.1 Å². The average molecular weight is 492 g/mol. The van der Waals surface area contributed by atoms with E-state index in [1.165, 1.54) is 23.5 Å². The van der Waals surface area contributed by atoms with Crippen molar-refractivity contribution in [1.29, 1.82) is 0 Å². The molecule has 1 heterocycles. The van der Waals surface area contributed by atoms with Gasteiger partial charge in [0.05, 0.1) is 32.3 Å². The van der Waals surface area contributed by atoms with Crippen LogP contribution in [0, 0.1) is 0 Å². The largest absolute Gasteiger partial charge is 0.493 e. The molecule has 184 valence electrons. The molecule has 34 heavy (non-hydrogen) atoms. The number of methoxy groups -OCH3 is 2. The van der Waals surface area contributed by atoms with Gasteiger partial charge in [0.2, 0.25) is 10.0 Å². The van der Waals surface area contributed by atoms with E-state index < -0.39 is 28.1 Å². The molecule has 0 radical (unpaired) electrons. The minimum atomic E-state index is -3.80. The van der Waals surface area contributed by atoms with E-state index in [0.29, 0.717) is 30.9 Å². The van der Waals surface area contributed by atoms with Crippen LogP contribution in [-0.4, -0.2) is 71.2 Å². The number of carbonyl (C=O) groups is 2. The minimum Gasteiger partial charge on any atom is -0.493 e. The molecule has 0 bridgehead atoms. The fourth-order valence-corrected chi connectivity index (χ4v) is 5.11. The number of nitrogens with one attached hydrogen (secondary N) is 2. The first kappa shape index (κ1) is 25.5. The van der Waals surface area contributed by atoms with Gasteiger partial charge in [0.25, 0.3) is 0 Å². The second-order valence-corrected chi connectivity index (χ2v) is 9.40. The first-order chi connectivity index (χ1) is 16.4. The minimum absolute atomic E-state index is 0.143. The SMILES string of the molecule is COc1ccc(CCNC(=O)C(=O)NCC2OCCCN2S(=O)(=O)c2ccccc2)cc1OC. The Bertz CT molecular complexity index is 1090. The second kappa shape index (κ2) is 11.8. The molecule has 2 amide bonds. The standard InChI is InChI=1S/C23H29N3O7S/c1-31-19-10-9-17(15-20(19)32-2)11-12-24-22(27)23(28)25-16-21-26(13-6-14-33-21)34(29,30)18-7-4-3-5-8-18/h3-5,7-10,15,21H,6,11-14,16H2,1-2H3,(H,24,27)(H,25,28). The fraction of sp³-hybridized carbons (Fsp3) is 0.391. The molecule has 3 rings (SSSR count). The number of nitrogens with zero attached hydrogens (tertiary/aromatic N) is 1. The van der Waals surface area contributed by atoms with Crippen molar-refractivity contribution in [2.24, 2.45) is 0 Å². The third-order valence-electron chi connectivity index (χ3n) is 5.29. The normalized spacial score (nSPS) is 16.5. The summed E-state index contributed by atoms with van der Waals surface area (Å²) in [6.45, 7) is 0.707. The Balaban J connectivity index is 1.51. The van der Waals surface area contributed by atoms with Crippen LogP contribution < -0.4 is 20.1 Å². The zero-order chi connectivity index (χ0) is 24.6. The van der Waals surface area contributed by atoms with Gasteiger partial charge in [-0.1, -0.05) is 24.3 Å². The van der Waals surface area contributed by atoms with Crippen LogP contribution in [0.25, 0.3) is 0 Å². The van der Waals surface area contributed by atoms with Crippen LogP contribution in [-0.2, 0) is 30.8 Å². The van der Waals surface area contributed by atoms with Gasteiger partial charge in [-0.3, -0.25) is 9.59 Å². The summed E-state index contributed by atoms with van der Waals surface area (Å²) in [6.07, 6.45) is 0.115. The molecular formula is C23H29N3O7S. The first-order valence-corrected chi connectivity index (χ1v) is 12.3. The Labute approximate surface area is 199 Å².